The molecule has 0 aliphatic carbocycles. The van der Waals surface area contributed by atoms with E-state index in [9.17, 15) is 14.9 Å². The summed E-state index contributed by atoms with van der Waals surface area (Å²) in [6, 6.07) is 19.3. The Balaban J connectivity index is 1.44. The van der Waals surface area contributed by atoms with Gasteiger partial charge in [0.25, 0.3) is 5.91 Å². The van der Waals surface area contributed by atoms with E-state index in [1.54, 1.807) is 36.4 Å². The Labute approximate surface area is 220 Å². The Morgan fingerprint density at radius 3 is 2.63 bits per heavy atom. The zero-order valence-corrected chi connectivity index (χ0v) is 21.3. The SMILES string of the molecule is N#Cc1ccccc1COc1ccc(C=NNC(=O)CCNC(=O)c2ccc(Cl)c(Cl)c2)cc1Br. The van der Waals surface area contributed by atoms with Crippen molar-refractivity contribution in [2.45, 2.75) is 13.0 Å². The van der Waals surface area contributed by atoms with Crippen molar-refractivity contribution >= 4 is 57.2 Å². The Hall–Kier alpha value is -3.38. The first-order chi connectivity index (χ1) is 16.9. The molecular weight excluding hydrogens is 555 g/mol. The summed E-state index contributed by atoms with van der Waals surface area (Å²) in [6.07, 6.45) is 1.54. The molecule has 0 aliphatic rings. The number of nitriles is 1. The third-order valence-electron chi connectivity index (χ3n) is 4.70. The topological polar surface area (TPSA) is 104 Å². The lowest BCUT2D eigenvalue weighted by molar-refractivity contribution is -0.120. The molecule has 0 radical (unpaired) electrons. The maximum atomic E-state index is 12.1. The highest BCUT2D eigenvalue weighted by molar-refractivity contribution is 9.10. The third kappa shape index (κ3) is 7.82. The predicted molar refractivity (Wildman–Crippen MR) is 139 cm³/mol. The van der Waals surface area contributed by atoms with Crippen molar-refractivity contribution in [3.8, 4) is 11.8 Å². The standard InChI is InChI=1S/C25H19BrCl2N4O3/c26-20-11-16(5-8-23(20)35-15-19-4-2-1-3-18(19)13-29)14-31-32-24(33)9-10-30-25(34)17-6-7-21(27)22(28)12-17/h1-8,11-12,14H,9-10,15H2,(H,30,34)(H,32,33). The summed E-state index contributed by atoms with van der Waals surface area (Å²) in [5.74, 6) is -0.106. The summed E-state index contributed by atoms with van der Waals surface area (Å²) in [5.41, 5.74) is 4.86. The molecule has 10 heteroatoms. The summed E-state index contributed by atoms with van der Waals surface area (Å²) in [4.78, 5) is 24.1. The number of nitrogens with zero attached hydrogens (tertiary/aromatic N) is 2. The molecule has 3 rings (SSSR count). The van der Waals surface area contributed by atoms with Crippen LogP contribution >= 0.6 is 39.1 Å². The van der Waals surface area contributed by atoms with Gasteiger partial charge in [-0.1, -0.05) is 41.4 Å². The zero-order valence-electron chi connectivity index (χ0n) is 18.2. The van der Waals surface area contributed by atoms with Crippen LogP contribution in [0.15, 0.2) is 70.2 Å². The Kier molecular flexibility index (Phi) is 9.67. The fourth-order valence-electron chi connectivity index (χ4n) is 2.89. The van der Waals surface area contributed by atoms with Gasteiger partial charge in [0.15, 0.2) is 0 Å². The largest absolute Gasteiger partial charge is 0.488 e. The minimum Gasteiger partial charge on any atom is -0.488 e. The van der Waals surface area contributed by atoms with Gasteiger partial charge in [-0.25, -0.2) is 5.43 Å². The molecule has 0 fully saturated rings. The molecule has 0 bridgehead atoms. The molecule has 178 valence electrons. The Morgan fingerprint density at radius 2 is 1.89 bits per heavy atom. The number of ether oxygens (including phenoxy) is 1. The lowest BCUT2D eigenvalue weighted by Gasteiger charge is -2.10. The molecule has 0 atom stereocenters. The second kappa shape index (κ2) is 12.9. The van der Waals surface area contributed by atoms with Gasteiger partial charge in [-0.15, -0.1) is 0 Å². The van der Waals surface area contributed by atoms with Gasteiger partial charge in [0.1, 0.15) is 12.4 Å². The summed E-state index contributed by atoms with van der Waals surface area (Å²) in [5, 5.41) is 16.4. The normalized spacial score (nSPS) is 10.6. The molecule has 0 saturated heterocycles. The number of hydrazone groups is 1. The van der Waals surface area contributed by atoms with Crippen LogP contribution in [0.1, 0.15) is 33.5 Å². The van der Waals surface area contributed by atoms with Crippen LogP contribution in [-0.4, -0.2) is 24.6 Å². The first-order valence-electron chi connectivity index (χ1n) is 10.3. The van der Waals surface area contributed by atoms with Crippen LogP contribution in [0, 0.1) is 11.3 Å². The minimum atomic E-state index is -0.358. The fourth-order valence-corrected chi connectivity index (χ4v) is 3.70. The van der Waals surface area contributed by atoms with Crippen molar-refractivity contribution in [1.29, 1.82) is 5.26 Å². The second-order valence-electron chi connectivity index (χ2n) is 7.18. The van der Waals surface area contributed by atoms with Crippen molar-refractivity contribution < 1.29 is 14.3 Å². The smallest absolute Gasteiger partial charge is 0.251 e. The van der Waals surface area contributed by atoms with Crippen molar-refractivity contribution in [3.63, 3.8) is 0 Å². The van der Waals surface area contributed by atoms with E-state index in [0.717, 1.165) is 11.1 Å². The maximum Gasteiger partial charge on any atom is 0.251 e. The number of hydrogen-bond donors (Lipinski definition) is 2. The van der Waals surface area contributed by atoms with Gasteiger partial charge in [-0.2, -0.15) is 10.4 Å². The average Bonchev–Trinajstić information content (AvgIpc) is 2.85. The van der Waals surface area contributed by atoms with Crippen LogP contribution in [0.4, 0.5) is 0 Å². The summed E-state index contributed by atoms with van der Waals surface area (Å²) < 4.78 is 6.51. The molecule has 0 aliphatic heterocycles. The van der Waals surface area contributed by atoms with E-state index in [4.69, 9.17) is 27.9 Å². The molecule has 0 heterocycles. The van der Waals surface area contributed by atoms with Crippen LogP contribution in [0.2, 0.25) is 10.0 Å². The number of nitrogens with one attached hydrogen (secondary N) is 2. The second-order valence-corrected chi connectivity index (χ2v) is 8.84. The van der Waals surface area contributed by atoms with E-state index in [-0.39, 0.29) is 36.4 Å². The van der Waals surface area contributed by atoms with Gasteiger partial charge in [-0.3, -0.25) is 9.59 Å². The highest BCUT2D eigenvalue weighted by Crippen LogP contribution is 2.27. The van der Waals surface area contributed by atoms with E-state index in [0.29, 0.717) is 26.4 Å². The van der Waals surface area contributed by atoms with E-state index in [2.05, 4.69) is 37.8 Å². The molecule has 2 N–H and O–H groups in total. The molecule has 0 spiro atoms. The molecule has 0 aromatic heterocycles. The zero-order chi connectivity index (χ0) is 25.2. The van der Waals surface area contributed by atoms with Gasteiger partial charge in [0, 0.05) is 24.1 Å². The number of rotatable bonds is 9. The van der Waals surface area contributed by atoms with E-state index in [1.165, 1.54) is 18.3 Å². The fraction of sp³-hybridized carbons (Fsp3) is 0.120. The number of carbonyl (C=O) groups excluding carboxylic acids is 2. The van der Waals surface area contributed by atoms with Crippen molar-refractivity contribution in [2.24, 2.45) is 5.10 Å². The maximum absolute atomic E-state index is 12.1. The molecule has 3 aromatic carbocycles. The van der Waals surface area contributed by atoms with Gasteiger partial charge in [0.2, 0.25) is 5.91 Å². The van der Waals surface area contributed by atoms with Gasteiger partial charge >= 0.3 is 0 Å². The molecule has 0 unspecified atom stereocenters. The van der Waals surface area contributed by atoms with Crippen molar-refractivity contribution in [1.82, 2.24) is 10.7 Å². The quantitative estimate of drug-likeness (QED) is 0.261. The summed E-state index contributed by atoms with van der Waals surface area (Å²) in [7, 11) is 0. The number of carbonyl (C=O) groups is 2. The van der Waals surface area contributed by atoms with Gasteiger partial charge < -0.3 is 10.1 Å². The van der Waals surface area contributed by atoms with Crippen LogP contribution in [0.3, 0.4) is 0 Å². The van der Waals surface area contributed by atoms with Crippen LogP contribution in [-0.2, 0) is 11.4 Å². The van der Waals surface area contributed by atoms with E-state index >= 15 is 0 Å². The van der Waals surface area contributed by atoms with Crippen molar-refractivity contribution in [3.05, 3.63) is 97.4 Å². The molecule has 2 amide bonds. The molecular formula is C25H19BrCl2N4O3. The molecule has 35 heavy (non-hydrogen) atoms. The first kappa shape index (κ1) is 26.2. The van der Waals surface area contributed by atoms with Gasteiger partial charge in [0.05, 0.1) is 32.4 Å². The lowest BCUT2D eigenvalue weighted by atomic mass is 10.1. The van der Waals surface area contributed by atoms with Gasteiger partial charge in [-0.05, 0) is 64.0 Å². The molecule has 7 nitrogen and oxygen atoms in total. The highest BCUT2D eigenvalue weighted by atomic mass is 79.9. The van der Waals surface area contributed by atoms with E-state index in [1.807, 2.05) is 12.1 Å². The highest BCUT2D eigenvalue weighted by Gasteiger charge is 2.09. The summed E-state index contributed by atoms with van der Waals surface area (Å²) in [6.45, 7) is 0.389. The summed E-state index contributed by atoms with van der Waals surface area (Å²) >= 11 is 15.2. The van der Waals surface area contributed by atoms with Crippen LogP contribution in [0.5, 0.6) is 5.75 Å². The number of hydrogen-bond acceptors (Lipinski definition) is 5. The molecule has 3 aromatic rings. The van der Waals surface area contributed by atoms with Crippen LogP contribution in [0.25, 0.3) is 0 Å². The number of benzene rings is 3. The van der Waals surface area contributed by atoms with E-state index < -0.39 is 0 Å². The number of halogens is 3. The number of amides is 2. The Morgan fingerprint density at radius 1 is 1.09 bits per heavy atom. The van der Waals surface area contributed by atoms with Crippen LogP contribution < -0.4 is 15.5 Å². The first-order valence-corrected chi connectivity index (χ1v) is 11.9. The molecule has 0 saturated carbocycles. The monoisotopic (exact) mass is 572 g/mol. The Bertz CT molecular complexity index is 1310. The van der Waals surface area contributed by atoms with Crippen molar-refractivity contribution in [2.75, 3.05) is 6.54 Å². The predicted octanol–water partition coefficient (Wildman–Crippen LogP) is 5.48. The minimum absolute atomic E-state index is 0.0467. The third-order valence-corrected chi connectivity index (χ3v) is 6.06. The average molecular weight is 574 g/mol. The lowest BCUT2D eigenvalue weighted by Crippen LogP contribution is -2.29.